The molecule has 160 valence electrons. The largest absolute Gasteiger partial charge is 0.349 e. The maximum atomic E-state index is 13.1. The highest BCUT2D eigenvalue weighted by molar-refractivity contribution is 6.35. The molecule has 0 unspecified atom stereocenters. The number of halogens is 2. The summed E-state index contributed by atoms with van der Waals surface area (Å²) in [6.07, 6.45) is 5.23. The molecule has 2 aliphatic rings. The molecule has 1 N–H and O–H groups in total. The Hall–Kier alpha value is -2.05. The number of hydrogen-bond donors (Lipinski definition) is 1. The van der Waals surface area contributed by atoms with Gasteiger partial charge >= 0.3 is 0 Å². The molecule has 1 aliphatic carbocycles. The molecule has 30 heavy (non-hydrogen) atoms. The molecule has 0 atom stereocenters. The van der Waals surface area contributed by atoms with Crippen LogP contribution in [0.5, 0.6) is 0 Å². The van der Waals surface area contributed by atoms with Crippen LogP contribution in [0.2, 0.25) is 10.0 Å². The van der Waals surface area contributed by atoms with Crippen LogP contribution in [0.3, 0.4) is 0 Å². The molecule has 2 heterocycles. The topological polar surface area (TPSA) is 67.2 Å². The van der Waals surface area contributed by atoms with Gasteiger partial charge in [-0.3, -0.25) is 9.59 Å². The zero-order chi connectivity index (χ0) is 21.4. The summed E-state index contributed by atoms with van der Waals surface area (Å²) in [5.74, 6) is 0.382. The van der Waals surface area contributed by atoms with E-state index in [-0.39, 0.29) is 23.8 Å². The number of piperidine rings is 1. The maximum absolute atomic E-state index is 13.1. The molecular weight excluding hydrogens is 423 g/mol. The lowest BCUT2D eigenvalue weighted by Gasteiger charge is -2.33. The molecule has 1 aliphatic heterocycles. The molecule has 1 aromatic carbocycles. The van der Waals surface area contributed by atoms with Crippen molar-refractivity contribution >= 4 is 35.0 Å². The standard InChI is InChI=1S/C22H26Cl2N4O2/c1-13(2)22(30)27-9-7-16(8-10-27)26-21(29)17-12-25-28(20(17)14-3-4-14)19-6-5-15(23)11-18(19)24/h5-6,11-14,16H,3-4,7-10H2,1-2H3,(H,26,29). The Bertz CT molecular complexity index is 960. The average Bonchev–Trinajstić information content (AvgIpc) is 3.46. The van der Waals surface area contributed by atoms with Crippen LogP contribution in [0.1, 0.15) is 61.5 Å². The molecule has 0 spiro atoms. The SMILES string of the molecule is CC(C)C(=O)N1CCC(NC(=O)c2cnn(-c3ccc(Cl)cc3Cl)c2C2CC2)CC1. The summed E-state index contributed by atoms with van der Waals surface area (Å²) in [7, 11) is 0. The highest BCUT2D eigenvalue weighted by Crippen LogP contribution is 2.43. The van der Waals surface area contributed by atoms with Gasteiger partial charge in [0.05, 0.1) is 28.2 Å². The van der Waals surface area contributed by atoms with Crippen molar-refractivity contribution in [1.82, 2.24) is 20.0 Å². The summed E-state index contributed by atoms with van der Waals surface area (Å²) in [4.78, 5) is 27.1. The molecule has 4 rings (SSSR count). The fourth-order valence-electron chi connectivity index (χ4n) is 4.00. The molecule has 0 radical (unpaired) electrons. The van der Waals surface area contributed by atoms with Crippen molar-refractivity contribution in [1.29, 1.82) is 0 Å². The van der Waals surface area contributed by atoms with E-state index < -0.39 is 0 Å². The van der Waals surface area contributed by atoms with Gasteiger partial charge in [0.15, 0.2) is 0 Å². The Balaban J connectivity index is 1.49. The van der Waals surface area contributed by atoms with E-state index in [1.807, 2.05) is 24.8 Å². The lowest BCUT2D eigenvalue weighted by atomic mass is 10.0. The number of nitrogens with one attached hydrogen (secondary N) is 1. The second-order valence-corrected chi connectivity index (χ2v) is 9.30. The minimum absolute atomic E-state index is 0.00257. The minimum atomic E-state index is -0.109. The predicted octanol–water partition coefficient (Wildman–Crippen LogP) is 4.43. The molecule has 1 aromatic heterocycles. The van der Waals surface area contributed by atoms with Crippen molar-refractivity contribution < 1.29 is 9.59 Å². The van der Waals surface area contributed by atoms with Crippen LogP contribution in [0.25, 0.3) is 5.69 Å². The van der Waals surface area contributed by atoms with Gasteiger partial charge in [0.2, 0.25) is 5.91 Å². The number of carbonyl (C=O) groups is 2. The summed E-state index contributed by atoms with van der Waals surface area (Å²) in [5.41, 5.74) is 2.23. The summed E-state index contributed by atoms with van der Waals surface area (Å²) in [6, 6.07) is 5.34. The Morgan fingerprint density at radius 2 is 1.83 bits per heavy atom. The number of rotatable bonds is 5. The van der Waals surface area contributed by atoms with Gasteiger partial charge in [-0.15, -0.1) is 0 Å². The lowest BCUT2D eigenvalue weighted by molar-refractivity contribution is -0.135. The Kier molecular flexibility index (Phi) is 6.07. The van der Waals surface area contributed by atoms with E-state index in [0.717, 1.165) is 37.1 Å². The van der Waals surface area contributed by atoms with Crippen molar-refractivity contribution in [2.75, 3.05) is 13.1 Å². The highest BCUT2D eigenvalue weighted by atomic mass is 35.5. The van der Waals surface area contributed by atoms with Gasteiger partial charge in [-0.1, -0.05) is 37.0 Å². The van der Waals surface area contributed by atoms with Gasteiger partial charge < -0.3 is 10.2 Å². The molecule has 8 heteroatoms. The van der Waals surface area contributed by atoms with Gasteiger partial charge in [-0.05, 0) is 43.9 Å². The van der Waals surface area contributed by atoms with Crippen molar-refractivity contribution in [2.24, 2.45) is 5.92 Å². The van der Waals surface area contributed by atoms with Crippen LogP contribution < -0.4 is 5.32 Å². The number of benzene rings is 1. The molecule has 1 saturated heterocycles. The van der Waals surface area contributed by atoms with Gasteiger partial charge in [0.1, 0.15) is 0 Å². The Morgan fingerprint density at radius 3 is 2.43 bits per heavy atom. The summed E-state index contributed by atoms with van der Waals surface area (Å²) in [6.45, 7) is 5.19. The monoisotopic (exact) mass is 448 g/mol. The van der Waals surface area contributed by atoms with Crippen LogP contribution in [-0.2, 0) is 4.79 Å². The minimum Gasteiger partial charge on any atom is -0.349 e. The first-order valence-corrected chi connectivity index (χ1v) is 11.2. The third kappa shape index (κ3) is 4.35. The highest BCUT2D eigenvalue weighted by Gasteiger charge is 2.34. The van der Waals surface area contributed by atoms with Crippen molar-refractivity contribution in [3.63, 3.8) is 0 Å². The van der Waals surface area contributed by atoms with Crippen LogP contribution in [0.4, 0.5) is 0 Å². The fourth-order valence-corrected chi connectivity index (χ4v) is 4.49. The smallest absolute Gasteiger partial charge is 0.255 e. The molecule has 2 aromatic rings. The number of nitrogens with zero attached hydrogens (tertiary/aromatic N) is 3. The van der Waals surface area contributed by atoms with Gasteiger partial charge in [0, 0.05) is 36.0 Å². The normalized spacial score (nSPS) is 17.4. The van der Waals surface area contributed by atoms with Gasteiger partial charge in [-0.25, -0.2) is 4.68 Å². The molecule has 1 saturated carbocycles. The Morgan fingerprint density at radius 1 is 1.13 bits per heavy atom. The lowest BCUT2D eigenvalue weighted by Crippen LogP contribution is -2.47. The Labute approximate surface area is 186 Å². The number of carbonyl (C=O) groups excluding carboxylic acids is 2. The van der Waals surface area contributed by atoms with Gasteiger partial charge in [-0.2, -0.15) is 5.10 Å². The van der Waals surface area contributed by atoms with Crippen LogP contribution in [0, 0.1) is 5.92 Å². The molecular formula is C22H26Cl2N4O2. The zero-order valence-electron chi connectivity index (χ0n) is 17.2. The molecule has 0 bridgehead atoms. The first kappa shape index (κ1) is 21.2. The van der Waals surface area contributed by atoms with E-state index in [2.05, 4.69) is 10.4 Å². The first-order valence-electron chi connectivity index (χ1n) is 10.5. The fraction of sp³-hybridized carbons (Fsp3) is 0.500. The number of hydrogen-bond acceptors (Lipinski definition) is 3. The average molecular weight is 449 g/mol. The summed E-state index contributed by atoms with van der Waals surface area (Å²) in [5, 5.41) is 8.69. The maximum Gasteiger partial charge on any atom is 0.255 e. The zero-order valence-corrected chi connectivity index (χ0v) is 18.7. The van der Waals surface area contributed by atoms with Crippen molar-refractivity contribution in [3.8, 4) is 5.69 Å². The van der Waals surface area contributed by atoms with E-state index in [1.165, 1.54) is 0 Å². The summed E-state index contributed by atoms with van der Waals surface area (Å²) >= 11 is 12.4. The number of likely N-dealkylation sites (tertiary alicyclic amines) is 1. The summed E-state index contributed by atoms with van der Waals surface area (Å²) < 4.78 is 1.77. The van der Waals surface area contributed by atoms with E-state index in [1.54, 1.807) is 23.0 Å². The van der Waals surface area contributed by atoms with E-state index in [4.69, 9.17) is 23.2 Å². The second kappa shape index (κ2) is 8.60. The number of aromatic nitrogens is 2. The quantitative estimate of drug-likeness (QED) is 0.734. The van der Waals surface area contributed by atoms with Crippen molar-refractivity contribution in [2.45, 2.75) is 51.5 Å². The third-order valence-electron chi connectivity index (χ3n) is 5.79. The van der Waals surface area contributed by atoms with Crippen LogP contribution in [0.15, 0.2) is 24.4 Å². The van der Waals surface area contributed by atoms with E-state index >= 15 is 0 Å². The first-order chi connectivity index (χ1) is 14.3. The second-order valence-electron chi connectivity index (χ2n) is 8.45. The molecule has 2 amide bonds. The number of amides is 2. The van der Waals surface area contributed by atoms with Crippen LogP contribution in [-0.4, -0.2) is 45.6 Å². The third-order valence-corrected chi connectivity index (χ3v) is 6.33. The van der Waals surface area contributed by atoms with Gasteiger partial charge in [0.25, 0.3) is 5.91 Å². The van der Waals surface area contributed by atoms with Crippen LogP contribution >= 0.6 is 23.2 Å². The van der Waals surface area contributed by atoms with Crippen molar-refractivity contribution in [3.05, 3.63) is 45.7 Å². The van der Waals surface area contributed by atoms with E-state index in [9.17, 15) is 9.59 Å². The molecule has 2 fully saturated rings. The predicted molar refractivity (Wildman–Crippen MR) is 117 cm³/mol. The van der Waals surface area contributed by atoms with E-state index in [0.29, 0.717) is 34.6 Å². The molecule has 6 nitrogen and oxygen atoms in total.